The molecule has 0 aliphatic heterocycles. The van der Waals surface area contributed by atoms with Gasteiger partial charge in [0.05, 0.1) is 12.2 Å². The minimum atomic E-state index is 0.601. The fourth-order valence-corrected chi connectivity index (χ4v) is 0.914. The molecule has 0 amide bonds. The van der Waals surface area contributed by atoms with Crippen LogP contribution >= 0.6 is 0 Å². The molecule has 1 aromatic rings. The van der Waals surface area contributed by atoms with Gasteiger partial charge in [-0.2, -0.15) is 0 Å². The summed E-state index contributed by atoms with van der Waals surface area (Å²) in [6.45, 7) is 5.12. The van der Waals surface area contributed by atoms with Crippen molar-refractivity contribution in [1.82, 2.24) is 20.3 Å². The number of rotatable bonds is 5. The van der Waals surface area contributed by atoms with Crippen LogP contribution in [-0.4, -0.2) is 28.1 Å². The normalized spacial score (nSPS) is 10.5. The lowest BCUT2D eigenvalue weighted by Crippen LogP contribution is -2.12. The number of aromatic nitrogens is 3. The molecule has 1 heterocycles. The fraction of sp³-hybridized carbons (Fsp3) is 0.714. The SMILES string of the molecule is CCNCc1cn(CCN)nn1. The molecule has 0 saturated heterocycles. The zero-order valence-corrected chi connectivity index (χ0v) is 7.32. The van der Waals surface area contributed by atoms with Crippen LogP contribution in [0.4, 0.5) is 0 Å². The van der Waals surface area contributed by atoms with Gasteiger partial charge >= 0.3 is 0 Å². The lowest BCUT2D eigenvalue weighted by molar-refractivity contribution is 0.598. The van der Waals surface area contributed by atoms with Gasteiger partial charge in [-0.05, 0) is 6.54 Å². The van der Waals surface area contributed by atoms with Gasteiger partial charge in [-0.25, -0.2) is 0 Å². The molecule has 5 nitrogen and oxygen atoms in total. The predicted molar refractivity (Wildman–Crippen MR) is 46.5 cm³/mol. The summed E-state index contributed by atoms with van der Waals surface area (Å²) in [6, 6.07) is 0. The molecule has 0 aliphatic rings. The summed E-state index contributed by atoms with van der Waals surface area (Å²) in [7, 11) is 0. The second-order valence-corrected chi connectivity index (χ2v) is 2.54. The Balaban J connectivity index is 2.41. The number of hydrogen-bond donors (Lipinski definition) is 2. The largest absolute Gasteiger partial charge is 0.329 e. The van der Waals surface area contributed by atoms with Gasteiger partial charge in [-0.3, -0.25) is 4.68 Å². The monoisotopic (exact) mass is 169 g/mol. The number of nitrogens with one attached hydrogen (secondary N) is 1. The van der Waals surface area contributed by atoms with Crippen LogP contribution < -0.4 is 11.1 Å². The molecule has 1 rings (SSSR count). The second kappa shape index (κ2) is 4.84. The van der Waals surface area contributed by atoms with E-state index in [0.29, 0.717) is 6.54 Å². The van der Waals surface area contributed by atoms with E-state index in [1.54, 1.807) is 4.68 Å². The highest BCUT2D eigenvalue weighted by Crippen LogP contribution is 1.90. The Hall–Kier alpha value is -0.940. The quantitative estimate of drug-likeness (QED) is 0.614. The van der Waals surface area contributed by atoms with Crippen LogP contribution in [0, 0.1) is 0 Å². The molecule has 0 unspecified atom stereocenters. The Morgan fingerprint density at radius 1 is 1.67 bits per heavy atom. The smallest absolute Gasteiger partial charge is 0.0964 e. The highest BCUT2D eigenvalue weighted by molar-refractivity contribution is 4.91. The van der Waals surface area contributed by atoms with Crippen LogP contribution in [0.15, 0.2) is 6.20 Å². The summed E-state index contributed by atoms with van der Waals surface area (Å²) in [6.07, 6.45) is 1.91. The molecule has 0 fully saturated rings. The summed E-state index contributed by atoms with van der Waals surface area (Å²) in [5.41, 5.74) is 6.33. The lowest BCUT2D eigenvalue weighted by atomic mass is 10.4. The molecule has 0 bridgehead atoms. The molecule has 68 valence electrons. The van der Waals surface area contributed by atoms with Crippen molar-refractivity contribution in [2.75, 3.05) is 13.1 Å². The number of nitrogens with zero attached hydrogens (tertiary/aromatic N) is 3. The third-order valence-electron chi connectivity index (χ3n) is 1.50. The Kier molecular flexibility index (Phi) is 3.69. The van der Waals surface area contributed by atoms with Crippen molar-refractivity contribution in [3.63, 3.8) is 0 Å². The summed E-state index contributed by atoms with van der Waals surface area (Å²) in [5, 5.41) is 11.0. The average Bonchev–Trinajstić information content (AvgIpc) is 2.50. The molecular formula is C7H15N5. The summed E-state index contributed by atoms with van der Waals surface area (Å²) < 4.78 is 1.76. The molecular weight excluding hydrogens is 154 g/mol. The Labute approximate surface area is 71.9 Å². The third-order valence-corrected chi connectivity index (χ3v) is 1.50. The first-order valence-electron chi connectivity index (χ1n) is 4.16. The van der Waals surface area contributed by atoms with E-state index in [1.165, 1.54) is 0 Å². The Bertz CT molecular complexity index is 219. The van der Waals surface area contributed by atoms with Gasteiger partial charge in [0, 0.05) is 19.3 Å². The van der Waals surface area contributed by atoms with Gasteiger partial charge in [-0.15, -0.1) is 5.10 Å². The molecule has 3 N–H and O–H groups in total. The van der Waals surface area contributed by atoms with Crippen molar-refractivity contribution in [2.24, 2.45) is 5.73 Å². The molecule has 1 aromatic heterocycles. The molecule has 0 aliphatic carbocycles. The fourth-order valence-electron chi connectivity index (χ4n) is 0.914. The van der Waals surface area contributed by atoms with Crippen molar-refractivity contribution in [3.8, 4) is 0 Å². The van der Waals surface area contributed by atoms with E-state index in [4.69, 9.17) is 5.73 Å². The first kappa shape index (κ1) is 9.15. The van der Waals surface area contributed by atoms with E-state index in [1.807, 2.05) is 6.20 Å². The Morgan fingerprint density at radius 2 is 2.50 bits per heavy atom. The number of nitrogens with two attached hydrogens (primary N) is 1. The first-order chi connectivity index (χ1) is 5.86. The first-order valence-corrected chi connectivity index (χ1v) is 4.16. The van der Waals surface area contributed by atoms with Crippen molar-refractivity contribution < 1.29 is 0 Å². The van der Waals surface area contributed by atoms with Crippen LogP contribution in [0.5, 0.6) is 0 Å². The van der Waals surface area contributed by atoms with Crippen molar-refractivity contribution in [2.45, 2.75) is 20.0 Å². The van der Waals surface area contributed by atoms with E-state index in [0.717, 1.165) is 25.3 Å². The van der Waals surface area contributed by atoms with Gasteiger partial charge in [-0.1, -0.05) is 12.1 Å². The van der Waals surface area contributed by atoms with E-state index in [9.17, 15) is 0 Å². The summed E-state index contributed by atoms with van der Waals surface area (Å²) in [5.74, 6) is 0. The highest BCUT2D eigenvalue weighted by atomic mass is 15.4. The molecule has 0 aromatic carbocycles. The van der Waals surface area contributed by atoms with Crippen molar-refractivity contribution >= 4 is 0 Å². The zero-order chi connectivity index (χ0) is 8.81. The van der Waals surface area contributed by atoms with Gasteiger partial charge in [0.1, 0.15) is 0 Å². The standard InChI is InChI=1S/C7H15N5/c1-2-9-5-7-6-12(4-3-8)11-10-7/h6,9H,2-5,8H2,1H3. The van der Waals surface area contributed by atoms with Gasteiger partial charge < -0.3 is 11.1 Å². The van der Waals surface area contributed by atoms with Crippen LogP contribution in [0.1, 0.15) is 12.6 Å². The second-order valence-electron chi connectivity index (χ2n) is 2.54. The Morgan fingerprint density at radius 3 is 3.17 bits per heavy atom. The average molecular weight is 169 g/mol. The minimum Gasteiger partial charge on any atom is -0.329 e. The lowest BCUT2D eigenvalue weighted by Gasteiger charge is -1.95. The predicted octanol–water partition coefficient (Wildman–Crippen LogP) is -0.654. The molecule has 0 saturated carbocycles. The van der Waals surface area contributed by atoms with Gasteiger partial charge in [0.25, 0.3) is 0 Å². The van der Waals surface area contributed by atoms with Gasteiger partial charge in [0.2, 0.25) is 0 Å². The van der Waals surface area contributed by atoms with Crippen molar-refractivity contribution in [1.29, 1.82) is 0 Å². The van der Waals surface area contributed by atoms with Crippen LogP contribution in [0.2, 0.25) is 0 Å². The van der Waals surface area contributed by atoms with E-state index >= 15 is 0 Å². The minimum absolute atomic E-state index is 0.601. The van der Waals surface area contributed by atoms with Crippen LogP contribution in [0.25, 0.3) is 0 Å². The molecule has 0 atom stereocenters. The molecule has 12 heavy (non-hydrogen) atoms. The molecule has 5 heteroatoms. The highest BCUT2D eigenvalue weighted by Gasteiger charge is 1.97. The third kappa shape index (κ3) is 2.60. The maximum atomic E-state index is 5.37. The van der Waals surface area contributed by atoms with E-state index in [2.05, 4.69) is 22.6 Å². The van der Waals surface area contributed by atoms with E-state index < -0.39 is 0 Å². The topological polar surface area (TPSA) is 68.8 Å². The molecule has 0 spiro atoms. The summed E-state index contributed by atoms with van der Waals surface area (Å²) >= 11 is 0. The number of hydrogen-bond acceptors (Lipinski definition) is 4. The molecule has 0 radical (unpaired) electrons. The van der Waals surface area contributed by atoms with Gasteiger partial charge in [0.15, 0.2) is 0 Å². The van der Waals surface area contributed by atoms with Crippen molar-refractivity contribution in [3.05, 3.63) is 11.9 Å². The summed E-state index contributed by atoms with van der Waals surface area (Å²) in [4.78, 5) is 0. The maximum Gasteiger partial charge on any atom is 0.0964 e. The zero-order valence-electron chi connectivity index (χ0n) is 7.32. The van der Waals surface area contributed by atoms with E-state index in [-0.39, 0.29) is 0 Å². The maximum absolute atomic E-state index is 5.37. The van der Waals surface area contributed by atoms with Crippen LogP contribution in [-0.2, 0) is 13.1 Å². The van der Waals surface area contributed by atoms with Crippen LogP contribution in [0.3, 0.4) is 0 Å².